The van der Waals surface area contributed by atoms with Crippen LogP contribution in [-0.2, 0) is 16.7 Å². The Labute approximate surface area is 97.2 Å². The van der Waals surface area contributed by atoms with Crippen LogP contribution in [0.1, 0.15) is 37.5 Å². The van der Waals surface area contributed by atoms with E-state index in [0.717, 1.165) is 23.1 Å². The minimum absolute atomic E-state index is 0.0611. The molecule has 0 fully saturated rings. The summed E-state index contributed by atoms with van der Waals surface area (Å²) in [5, 5.41) is 10.0. The van der Waals surface area contributed by atoms with Gasteiger partial charge in [-0.3, -0.25) is 0 Å². The van der Waals surface area contributed by atoms with Crippen molar-refractivity contribution in [1.82, 2.24) is 0 Å². The highest BCUT2D eigenvalue weighted by molar-refractivity contribution is 5.46. The summed E-state index contributed by atoms with van der Waals surface area (Å²) in [5.74, 6) is 5.41. The number of nitrogens with two attached hydrogens (primary N) is 1. The van der Waals surface area contributed by atoms with Crippen LogP contribution >= 0.6 is 0 Å². The fourth-order valence-electron chi connectivity index (χ4n) is 1.75. The number of rotatable bonds is 3. The Morgan fingerprint density at radius 1 is 1.31 bits per heavy atom. The molecule has 3 N–H and O–H groups in total. The molecular formula is C13H21NO2. The van der Waals surface area contributed by atoms with Gasteiger partial charge in [0.2, 0.25) is 0 Å². The average Bonchev–Trinajstić information content (AvgIpc) is 2.17. The molecule has 0 spiro atoms. The maximum absolute atomic E-state index is 10.0. The van der Waals surface area contributed by atoms with Gasteiger partial charge in [-0.2, -0.15) is 0 Å². The summed E-state index contributed by atoms with van der Waals surface area (Å²) in [6.07, 6.45) is 0.765. The van der Waals surface area contributed by atoms with Crippen molar-refractivity contribution in [3.63, 3.8) is 0 Å². The molecule has 1 aromatic carbocycles. The highest BCUT2D eigenvalue weighted by atomic mass is 16.6. The van der Waals surface area contributed by atoms with Crippen molar-refractivity contribution in [2.75, 3.05) is 6.61 Å². The van der Waals surface area contributed by atoms with Crippen molar-refractivity contribution >= 4 is 0 Å². The van der Waals surface area contributed by atoms with E-state index in [1.807, 2.05) is 19.1 Å². The third kappa shape index (κ3) is 2.97. The molecule has 1 rings (SSSR count). The molecule has 3 nitrogen and oxygen atoms in total. The van der Waals surface area contributed by atoms with Gasteiger partial charge in [0.1, 0.15) is 5.75 Å². The third-order valence-electron chi connectivity index (χ3n) is 2.68. The summed E-state index contributed by atoms with van der Waals surface area (Å²) < 4.78 is 0. The monoisotopic (exact) mass is 223 g/mol. The Kier molecular flexibility index (Phi) is 3.94. The van der Waals surface area contributed by atoms with E-state index < -0.39 is 0 Å². The number of phenolic OH excluding ortho intramolecular Hbond substituents is 1. The molecular weight excluding hydrogens is 202 g/mol. The van der Waals surface area contributed by atoms with E-state index in [-0.39, 0.29) is 5.41 Å². The van der Waals surface area contributed by atoms with E-state index in [1.54, 1.807) is 0 Å². The zero-order chi connectivity index (χ0) is 12.3. The summed E-state index contributed by atoms with van der Waals surface area (Å²) >= 11 is 0. The van der Waals surface area contributed by atoms with Gasteiger partial charge >= 0.3 is 0 Å². The van der Waals surface area contributed by atoms with E-state index in [1.165, 1.54) is 0 Å². The molecule has 0 aromatic heterocycles. The van der Waals surface area contributed by atoms with Crippen molar-refractivity contribution in [3.05, 3.63) is 28.8 Å². The standard InChI is InChI=1S/C13H21NO2/c1-9-7-10(5-6-16-14)8-11(12(9)15)13(2,3)4/h7-8,15H,5-6,14H2,1-4H3. The Morgan fingerprint density at radius 3 is 2.44 bits per heavy atom. The lowest BCUT2D eigenvalue weighted by Gasteiger charge is -2.22. The van der Waals surface area contributed by atoms with Crippen LogP contribution in [0.5, 0.6) is 5.75 Å². The number of aryl methyl sites for hydroxylation is 1. The first-order chi connectivity index (χ1) is 7.36. The minimum atomic E-state index is -0.0611. The molecule has 0 amide bonds. The van der Waals surface area contributed by atoms with Crippen molar-refractivity contribution in [2.45, 2.75) is 39.5 Å². The molecule has 90 valence electrons. The quantitative estimate of drug-likeness (QED) is 0.774. The molecule has 0 aliphatic rings. The molecule has 0 unspecified atom stereocenters. The van der Waals surface area contributed by atoms with Crippen LogP contribution in [0.3, 0.4) is 0 Å². The fourth-order valence-corrected chi connectivity index (χ4v) is 1.75. The molecule has 0 radical (unpaired) electrons. The van der Waals surface area contributed by atoms with Gasteiger partial charge in [0.05, 0.1) is 6.61 Å². The van der Waals surface area contributed by atoms with Crippen LogP contribution in [0.15, 0.2) is 12.1 Å². The number of aromatic hydroxyl groups is 1. The van der Waals surface area contributed by atoms with Gasteiger partial charge in [0.25, 0.3) is 0 Å². The van der Waals surface area contributed by atoms with E-state index in [2.05, 4.69) is 25.6 Å². The zero-order valence-corrected chi connectivity index (χ0v) is 10.5. The second-order valence-electron chi connectivity index (χ2n) is 5.18. The second-order valence-corrected chi connectivity index (χ2v) is 5.18. The van der Waals surface area contributed by atoms with E-state index in [4.69, 9.17) is 5.90 Å². The van der Waals surface area contributed by atoms with Gasteiger partial charge in [-0.1, -0.05) is 32.9 Å². The first-order valence-electron chi connectivity index (χ1n) is 5.51. The topological polar surface area (TPSA) is 55.5 Å². The predicted molar refractivity (Wildman–Crippen MR) is 65.4 cm³/mol. The molecule has 0 aliphatic carbocycles. The van der Waals surface area contributed by atoms with E-state index in [0.29, 0.717) is 12.4 Å². The van der Waals surface area contributed by atoms with Crippen LogP contribution in [0.25, 0.3) is 0 Å². The van der Waals surface area contributed by atoms with E-state index in [9.17, 15) is 5.11 Å². The smallest absolute Gasteiger partial charge is 0.122 e. The Balaban J connectivity index is 3.12. The van der Waals surface area contributed by atoms with Crippen molar-refractivity contribution < 1.29 is 9.94 Å². The van der Waals surface area contributed by atoms with Crippen LogP contribution in [-0.4, -0.2) is 11.7 Å². The molecule has 0 bridgehead atoms. The largest absolute Gasteiger partial charge is 0.507 e. The Hall–Kier alpha value is -1.06. The summed E-state index contributed by atoms with van der Waals surface area (Å²) in [6, 6.07) is 4.00. The first kappa shape index (κ1) is 13.0. The number of hydrogen-bond donors (Lipinski definition) is 2. The fraction of sp³-hybridized carbons (Fsp3) is 0.538. The molecule has 0 heterocycles. The highest BCUT2D eigenvalue weighted by Crippen LogP contribution is 2.34. The Bertz CT molecular complexity index is 367. The lowest BCUT2D eigenvalue weighted by atomic mass is 9.84. The summed E-state index contributed by atoms with van der Waals surface area (Å²) in [7, 11) is 0. The summed E-state index contributed by atoms with van der Waals surface area (Å²) in [6.45, 7) is 8.67. The molecule has 0 saturated heterocycles. The zero-order valence-electron chi connectivity index (χ0n) is 10.5. The molecule has 0 saturated carbocycles. The van der Waals surface area contributed by atoms with Gasteiger partial charge < -0.3 is 9.94 Å². The highest BCUT2D eigenvalue weighted by Gasteiger charge is 2.19. The lowest BCUT2D eigenvalue weighted by molar-refractivity contribution is 0.141. The second kappa shape index (κ2) is 4.85. The van der Waals surface area contributed by atoms with Crippen molar-refractivity contribution in [2.24, 2.45) is 5.90 Å². The van der Waals surface area contributed by atoms with Crippen LogP contribution in [0, 0.1) is 6.92 Å². The van der Waals surface area contributed by atoms with Crippen LogP contribution in [0.2, 0.25) is 0 Å². The average molecular weight is 223 g/mol. The summed E-state index contributed by atoms with van der Waals surface area (Å²) in [4.78, 5) is 4.58. The van der Waals surface area contributed by atoms with Crippen molar-refractivity contribution in [3.8, 4) is 5.75 Å². The van der Waals surface area contributed by atoms with Gasteiger partial charge in [-0.15, -0.1) is 0 Å². The lowest BCUT2D eigenvalue weighted by Crippen LogP contribution is -2.13. The van der Waals surface area contributed by atoms with Gasteiger partial charge in [-0.25, -0.2) is 5.90 Å². The summed E-state index contributed by atoms with van der Waals surface area (Å²) in [5.41, 5.74) is 2.96. The minimum Gasteiger partial charge on any atom is -0.507 e. The molecule has 0 aliphatic heterocycles. The number of benzene rings is 1. The number of hydrogen-bond acceptors (Lipinski definition) is 3. The molecule has 0 atom stereocenters. The van der Waals surface area contributed by atoms with Gasteiger partial charge in [0, 0.05) is 0 Å². The van der Waals surface area contributed by atoms with Crippen LogP contribution in [0.4, 0.5) is 0 Å². The normalized spacial score (nSPS) is 11.8. The SMILES string of the molecule is Cc1cc(CCON)cc(C(C)(C)C)c1O. The third-order valence-corrected chi connectivity index (χ3v) is 2.68. The first-order valence-corrected chi connectivity index (χ1v) is 5.51. The Morgan fingerprint density at radius 2 is 1.94 bits per heavy atom. The maximum Gasteiger partial charge on any atom is 0.122 e. The van der Waals surface area contributed by atoms with Gasteiger partial charge in [0.15, 0.2) is 0 Å². The van der Waals surface area contributed by atoms with Crippen LogP contribution < -0.4 is 5.90 Å². The predicted octanol–water partition coefficient (Wildman–Crippen LogP) is 2.43. The molecule has 3 heteroatoms. The van der Waals surface area contributed by atoms with E-state index >= 15 is 0 Å². The molecule has 16 heavy (non-hydrogen) atoms. The number of phenols is 1. The van der Waals surface area contributed by atoms with Gasteiger partial charge in [-0.05, 0) is 35.4 Å². The molecule has 1 aromatic rings. The van der Waals surface area contributed by atoms with Crippen molar-refractivity contribution in [1.29, 1.82) is 0 Å². The maximum atomic E-state index is 10.0.